The molecule has 4 unspecified atom stereocenters. The fraction of sp³-hybridized carbons (Fsp3) is 0.605. The van der Waals surface area contributed by atoms with E-state index in [1.165, 1.54) is 11.5 Å². The number of aromatic nitrogens is 3. The lowest BCUT2D eigenvalue weighted by molar-refractivity contribution is -0.101. The number of alkyl halides is 2. The molecule has 6 atom stereocenters. The predicted octanol–water partition coefficient (Wildman–Crippen LogP) is 7.92. The molecule has 1 amide bonds. The fourth-order valence-corrected chi connectivity index (χ4v) is 7.69. The van der Waals surface area contributed by atoms with Crippen molar-refractivity contribution in [3.63, 3.8) is 0 Å². The smallest absolute Gasteiger partial charge is 0.410 e. The van der Waals surface area contributed by atoms with Gasteiger partial charge in [0.15, 0.2) is 17.3 Å². The maximum atomic E-state index is 16.6. The Labute approximate surface area is 305 Å². The lowest BCUT2D eigenvalue weighted by Crippen LogP contribution is -2.59. The Bertz CT molecular complexity index is 2000. The van der Waals surface area contributed by atoms with E-state index in [0.29, 0.717) is 5.70 Å². The SMILES string of the molecule is CC(C)C1=C2C(CCC(F)(F)COC3C(=C(F)C(F)=CC3C)c3nc4c(cc3F)c(N3C[C@@H](C)N(C(=O)OC(C)(C)C)C[C@@H]3C)nc(=O)n42)C(C)C=N1. The van der Waals surface area contributed by atoms with Crippen LogP contribution in [0.3, 0.4) is 0 Å². The largest absolute Gasteiger partial charge is 0.444 e. The molecule has 0 spiro atoms. The number of amides is 1. The number of carbonyl (C=O) groups excluding carboxylic acids is 1. The lowest BCUT2D eigenvalue weighted by atomic mass is 9.82. The van der Waals surface area contributed by atoms with Crippen LogP contribution in [0.5, 0.6) is 0 Å². The second-order valence-electron chi connectivity index (χ2n) is 16.1. The van der Waals surface area contributed by atoms with Gasteiger partial charge in [0.05, 0.1) is 22.9 Å². The van der Waals surface area contributed by atoms with Gasteiger partial charge < -0.3 is 19.3 Å². The standard InChI is InChI=1S/C38H47F5N6O4/c1-18(2)29-31-23(20(4)14-44-29)10-11-38(42,43)17-52-32-19(3)12-25(39)28(41)27(32)30-26(40)13-24-33(46-35(50)49(31)34(24)45-30)47-15-22(6)48(16-21(47)5)36(51)53-37(7,8)9/h12-14,18-23,32H,10-11,15-17H2,1-9H3/t19?,20?,21-,22+,23?,32?/m0/s1. The van der Waals surface area contributed by atoms with Crippen molar-refractivity contribution >= 4 is 40.4 Å². The predicted molar refractivity (Wildman–Crippen MR) is 192 cm³/mol. The molecule has 3 aliphatic heterocycles. The van der Waals surface area contributed by atoms with E-state index in [0.717, 1.165) is 12.1 Å². The Morgan fingerprint density at radius 2 is 1.74 bits per heavy atom. The van der Waals surface area contributed by atoms with E-state index in [-0.39, 0.29) is 48.0 Å². The molecule has 2 bridgehead atoms. The molecule has 0 N–H and O–H groups in total. The Balaban J connectivity index is 1.64. The number of pyridine rings is 1. The minimum Gasteiger partial charge on any atom is -0.444 e. The van der Waals surface area contributed by atoms with Crippen LogP contribution in [0.25, 0.3) is 22.3 Å². The van der Waals surface area contributed by atoms with Crippen LogP contribution in [0.4, 0.5) is 32.6 Å². The Morgan fingerprint density at radius 1 is 1.04 bits per heavy atom. The van der Waals surface area contributed by atoms with Crippen LogP contribution in [0.2, 0.25) is 0 Å². The highest BCUT2D eigenvalue weighted by atomic mass is 19.3. The van der Waals surface area contributed by atoms with Crippen molar-refractivity contribution in [1.82, 2.24) is 19.4 Å². The van der Waals surface area contributed by atoms with Gasteiger partial charge in [0, 0.05) is 55.2 Å². The quantitative estimate of drug-likeness (QED) is 0.288. The zero-order valence-electron chi connectivity index (χ0n) is 31.5. The molecular weight excluding hydrogens is 699 g/mol. The fourth-order valence-electron chi connectivity index (χ4n) is 7.69. The number of anilines is 1. The molecule has 5 heterocycles. The molecule has 0 saturated carbocycles. The Hall–Kier alpha value is -4.14. The van der Waals surface area contributed by atoms with Crippen LogP contribution < -0.4 is 10.6 Å². The number of piperazine rings is 1. The third-order valence-electron chi connectivity index (χ3n) is 10.3. The molecule has 15 heteroatoms. The van der Waals surface area contributed by atoms with Gasteiger partial charge in [-0.25, -0.2) is 41.1 Å². The van der Waals surface area contributed by atoms with Gasteiger partial charge >= 0.3 is 11.8 Å². The van der Waals surface area contributed by atoms with Crippen molar-refractivity contribution in [2.45, 2.75) is 105 Å². The van der Waals surface area contributed by atoms with Gasteiger partial charge in [-0.2, -0.15) is 4.98 Å². The van der Waals surface area contributed by atoms with Crippen LogP contribution in [0.15, 0.2) is 39.3 Å². The third-order valence-corrected chi connectivity index (χ3v) is 10.3. The van der Waals surface area contributed by atoms with Crippen molar-refractivity contribution in [3.05, 3.63) is 51.5 Å². The van der Waals surface area contributed by atoms with Crippen LogP contribution in [-0.2, 0) is 9.47 Å². The van der Waals surface area contributed by atoms with Crippen molar-refractivity contribution in [3.8, 4) is 0 Å². The zero-order chi connectivity index (χ0) is 38.9. The topological polar surface area (TPSA) is 102 Å². The first-order chi connectivity index (χ1) is 24.7. The summed E-state index contributed by atoms with van der Waals surface area (Å²) in [5.41, 5.74) is -2.30. The minimum atomic E-state index is -3.41. The molecule has 2 aromatic heterocycles. The number of fused-ring (bicyclic) bond motifs is 5. The zero-order valence-corrected chi connectivity index (χ0v) is 31.5. The minimum absolute atomic E-state index is 0.0687. The maximum absolute atomic E-state index is 16.6. The summed E-state index contributed by atoms with van der Waals surface area (Å²) in [6.45, 7) is 15.1. The van der Waals surface area contributed by atoms with Gasteiger partial charge in [-0.05, 0) is 65.0 Å². The van der Waals surface area contributed by atoms with Gasteiger partial charge in [0.25, 0.3) is 5.92 Å². The van der Waals surface area contributed by atoms with Crippen molar-refractivity contribution < 1.29 is 36.2 Å². The van der Waals surface area contributed by atoms with Crippen molar-refractivity contribution in [2.24, 2.45) is 28.7 Å². The number of rotatable bonds is 2. The number of allylic oxidation sites excluding steroid dienone is 4. The summed E-state index contributed by atoms with van der Waals surface area (Å²) >= 11 is 0. The number of ether oxygens (including phenoxy) is 2. The molecule has 1 fully saturated rings. The van der Waals surface area contributed by atoms with Crippen molar-refractivity contribution in [1.29, 1.82) is 0 Å². The monoisotopic (exact) mass is 746 g/mol. The van der Waals surface area contributed by atoms with Crippen LogP contribution in [0, 0.1) is 29.5 Å². The van der Waals surface area contributed by atoms with E-state index in [1.807, 2.05) is 34.6 Å². The lowest BCUT2D eigenvalue weighted by Gasteiger charge is -2.45. The molecule has 1 saturated heterocycles. The summed E-state index contributed by atoms with van der Waals surface area (Å²) in [6.07, 6.45) is -0.195. The van der Waals surface area contributed by atoms with Crippen molar-refractivity contribution in [2.75, 3.05) is 24.6 Å². The second-order valence-corrected chi connectivity index (χ2v) is 16.1. The number of nitrogens with zero attached hydrogens (tertiary/aromatic N) is 6. The molecule has 10 nitrogen and oxygen atoms in total. The molecular formula is C38H47F5N6O4. The second kappa shape index (κ2) is 13.9. The number of carbonyl (C=O) groups is 1. The Morgan fingerprint density at radius 3 is 2.40 bits per heavy atom. The Kier molecular flexibility index (Phi) is 10.1. The molecule has 6 rings (SSSR count). The number of hydrogen-bond donors (Lipinski definition) is 0. The first-order valence-electron chi connectivity index (χ1n) is 18.1. The van der Waals surface area contributed by atoms with Gasteiger partial charge in [-0.1, -0.05) is 27.7 Å². The van der Waals surface area contributed by atoms with E-state index >= 15 is 22.0 Å². The third kappa shape index (κ3) is 7.25. The normalized spacial score (nSPS) is 28.0. The molecule has 1 aliphatic carbocycles. The summed E-state index contributed by atoms with van der Waals surface area (Å²) in [5, 5.41) is 0.0748. The molecule has 53 heavy (non-hydrogen) atoms. The van der Waals surface area contributed by atoms with E-state index in [9.17, 15) is 9.59 Å². The first-order valence-corrected chi connectivity index (χ1v) is 18.1. The van der Waals surface area contributed by atoms with Crippen LogP contribution in [0.1, 0.15) is 80.8 Å². The highest BCUT2D eigenvalue weighted by molar-refractivity contribution is 5.92. The number of halogens is 5. The summed E-state index contributed by atoms with van der Waals surface area (Å²) in [7, 11) is 0. The molecule has 0 radical (unpaired) electrons. The molecule has 4 aliphatic rings. The van der Waals surface area contributed by atoms with Gasteiger partial charge in [-0.3, -0.25) is 4.99 Å². The summed E-state index contributed by atoms with van der Waals surface area (Å²) in [6, 6.07) is 0.197. The number of aliphatic imine (C=N–C) groups is 1. The van der Waals surface area contributed by atoms with Gasteiger partial charge in [0.1, 0.15) is 29.5 Å². The molecule has 2 aromatic rings. The number of hydrogen-bond acceptors (Lipinski definition) is 8. The maximum Gasteiger partial charge on any atom is 0.410 e. The summed E-state index contributed by atoms with van der Waals surface area (Å²) in [5.74, 6) is -9.56. The van der Waals surface area contributed by atoms with E-state index in [2.05, 4.69) is 15.0 Å². The molecule has 0 aromatic carbocycles. The first kappa shape index (κ1) is 38.6. The van der Waals surface area contributed by atoms with E-state index in [1.54, 1.807) is 36.8 Å². The molecule has 288 valence electrons. The summed E-state index contributed by atoms with van der Waals surface area (Å²) in [4.78, 5) is 44.8. The summed E-state index contributed by atoms with van der Waals surface area (Å²) < 4.78 is 91.2. The van der Waals surface area contributed by atoms with Crippen LogP contribution in [-0.4, -0.2) is 81.2 Å². The highest BCUT2D eigenvalue weighted by Crippen LogP contribution is 2.44. The van der Waals surface area contributed by atoms with E-state index < -0.39 is 101 Å². The van der Waals surface area contributed by atoms with Crippen LogP contribution >= 0.6 is 0 Å². The highest BCUT2D eigenvalue weighted by Gasteiger charge is 2.42. The van der Waals surface area contributed by atoms with Gasteiger partial charge in [0.2, 0.25) is 0 Å². The van der Waals surface area contributed by atoms with E-state index in [4.69, 9.17) is 9.47 Å². The average Bonchev–Trinajstić information content (AvgIpc) is 3.05. The average molecular weight is 747 g/mol. The van der Waals surface area contributed by atoms with Gasteiger partial charge in [-0.15, -0.1) is 0 Å².